The van der Waals surface area contributed by atoms with Gasteiger partial charge < -0.3 is 64.5 Å². The van der Waals surface area contributed by atoms with E-state index in [1.54, 1.807) is 19.1 Å². The topological polar surface area (TPSA) is 225 Å². The number of phenolic OH excluding ortho intramolecular Hbond substituents is 3. The van der Waals surface area contributed by atoms with Gasteiger partial charge in [-0.1, -0.05) is 19.1 Å². The Morgan fingerprint density at radius 2 is 1.69 bits per heavy atom. The van der Waals surface area contributed by atoms with Crippen molar-refractivity contribution in [3.63, 3.8) is 0 Å². The third-order valence-electron chi connectivity index (χ3n) is 7.97. The van der Waals surface area contributed by atoms with Crippen LogP contribution in [-0.4, -0.2) is 122 Å². The molecule has 2 aromatic rings. The Hall–Kier alpha value is -3.47. The predicted molar refractivity (Wildman–Crippen MR) is 155 cm³/mol. The van der Waals surface area contributed by atoms with E-state index in [4.69, 9.17) is 23.7 Å². The minimum absolute atomic E-state index is 0.0350. The maximum absolute atomic E-state index is 12.9. The maximum atomic E-state index is 12.9. The summed E-state index contributed by atoms with van der Waals surface area (Å²) >= 11 is 0. The fourth-order valence-electron chi connectivity index (χ4n) is 5.38. The molecule has 4 rings (SSSR count). The van der Waals surface area contributed by atoms with Crippen molar-refractivity contribution in [1.82, 2.24) is 0 Å². The van der Waals surface area contributed by atoms with Gasteiger partial charge in [0.25, 0.3) is 0 Å². The standard InChI is InChI=1S/C31H40O14/c1-15-11-22(26(38)27(39)25(15)37)43-30-28(40)31(42-10-9-17-3-6-18(33)19(34)12-17)44-23(14-32)29(30)45-24(36)8-5-16-4-7-21(41-2)20(35)13-16/h3-8,12-13,15,22-23,25-35,37-40H,9-11,14H2,1-2H3/b8-5+/t15-,22-,23-,25+,26?,27-,28-,29-,30-,31-/m1/s1. The van der Waals surface area contributed by atoms with Crippen LogP contribution in [0, 0.1) is 5.92 Å². The number of benzene rings is 2. The van der Waals surface area contributed by atoms with Gasteiger partial charge in [0.1, 0.15) is 30.5 Å². The molecule has 2 aromatic carbocycles. The number of hydrogen-bond acceptors (Lipinski definition) is 14. The fourth-order valence-corrected chi connectivity index (χ4v) is 5.38. The fraction of sp³-hybridized carbons (Fsp3) is 0.516. The van der Waals surface area contributed by atoms with E-state index in [2.05, 4.69) is 0 Å². The highest BCUT2D eigenvalue weighted by Gasteiger charge is 2.51. The van der Waals surface area contributed by atoms with Crippen LogP contribution in [0.5, 0.6) is 23.0 Å². The number of phenols is 3. The molecule has 1 aliphatic heterocycles. The molecule has 0 radical (unpaired) electrons. The highest BCUT2D eigenvalue weighted by atomic mass is 16.7. The third-order valence-corrected chi connectivity index (χ3v) is 7.97. The van der Waals surface area contributed by atoms with Gasteiger partial charge in [0.05, 0.1) is 32.5 Å². The van der Waals surface area contributed by atoms with Crippen molar-refractivity contribution in [2.75, 3.05) is 20.3 Å². The molecule has 0 spiro atoms. The van der Waals surface area contributed by atoms with E-state index in [-0.39, 0.29) is 42.4 Å². The summed E-state index contributed by atoms with van der Waals surface area (Å²) in [4.78, 5) is 12.9. The van der Waals surface area contributed by atoms with Crippen LogP contribution in [0.2, 0.25) is 0 Å². The molecular formula is C31H40O14. The number of esters is 1. The van der Waals surface area contributed by atoms with E-state index in [0.717, 1.165) is 6.08 Å². The van der Waals surface area contributed by atoms with Crippen LogP contribution in [0.1, 0.15) is 24.5 Å². The molecule has 1 unspecified atom stereocenters. The third kappa shape index (κ3) is 8.23. The van der Waals surface area contributed by atoms with Crippen molar-refractivity contribution in [1.29, 1.82) is 0 Å². The van der Waals surface area contributed by atoms with Crippen LogP contribution < -0.4 is 4.74 Å². The van der Waals surface area contributed by atoms with E-state index in [9.17, 15) is 45.6 Å². The first-order chi connectivity index (χ1) is 21.4. The molecule has 1 saturated heterocycles. The molecule has 1 aliphatic carbocycles. The van der Waals surface area contributed by atoms with Gasteiger partial charge in [-0.05, 0) is 60.2 Å². The normalized spacial score (nSPS) is 32.0. The Labute approximate surface area is 259 Å². The largest absolute Gasteiger partial charge is 0.504 e. The molecule has 8 N–H and O–H groups in total. The number of aromatic hydroxyl groups is 3. The lowest BCUT2D eigenvalue weighted by atomic mass is 9.81. The summed E-state index contributed by atoms with van der Waals surface area (Å²) in [5, 5.41) is 82.0. The summed E-state index contributed by atoms with van der Waals surface area (Å²) < 4.78 is 28.2. The summed E-state index contributed by atoms with van der Waals surface area (Å²) in [6.45, 7) is 0.934. The molecule has 14 nitrogen and oxygen atoms in total. The minimum atomic E-state index is -1.62. The molecule has 0 amide bonds. The maximum Gasteiger partial charge on any atom is 0.331 e. The van der Waals surface area contributed by atoms with Crippen molar-refractivity contribution in [2.24, 2.45) is 5.92 Å². The first-order valence-electron chi connectivity index (χ1n) is 14.5. The SMILES string of the molecule is COc1ccc(/C=C/C(=O)O[C@H]2[C@H](O[C@@H]3C[C@@H](C)[C@H](O)[C@@H](O)C3O)[C@@H](O)[C@H](OCCc3ccc(O)c(O)c3)O[C@@H]2CO)cc1O. The van der Waals surface area contributed by atoms with E-state index in [1.165, 1.54) is 37.5 Å². The molecule has 1 saturated carbocycles. The van der Waals surface area contributed by atoms with Crippen molar-refractivity contribution in [2.45, 2.75) is 74.9 Å². The number of aliphatic hydroxyl groups is 5. The van der Waals surface area contributed by atoms with E-state index < -0.39 is 73.6 Å². The van der Waals surface area contributed by atoms with Crippen molar-refractivity contribution < 1.29 is 69.3 Å². The lowest BCUT2D eigenvalue weighted by Gasteiger charge is -2.46. The first-order valence-corrected chi connectivity index (χ1v) is 14.5. The van der Waals surface area contributed by atoms with Crippen LogP contribution in [-0.2, 0) is 30.2 Å². The van der Waals surface area contributed by atoms with Gasteiger partial charge in [-0.3, -0.25) is 0 Å². The number of carbonyl (C=O) groups is 1. The second kappa shape index (κ2) is 15.2. The molecule has 2 aliphatic rings. The molecule has 0 aromatic heterocycles. The van der Waals surface area contributed by atoms with Gasteiger partial charge in [0.15, 0.2) is 35.4 Å². The van der Waals surface area contributed by atoms with E-state index >= 15 is 0 Å². The Bertz CT molecular complexity index is 1320. The Balaban J connectivity index is 1.52. The van der Waals surface area contributed by atoms with Crippen LogP contribution in [0.4, 0.5) is 0 Å². The molecule has 45 heavy (non-hydrogen) atoms. The average molecular weight is 637 g/mol. The molecule has 248 valence electrons. The molecular weight excluding hydrogens is 596 g/mol. The zero-order valence-corrected chi connectivity index (χ0v) is 24.7. The van der Waals surface area contributed by atoms with Crippen LogP contribution in [0.3, 0.4) is 0 Å². The molecule has 14 heteroatoms. The number of methoxy groups -OCH3 is 1. The number of ether oxygens (including phenoxy) is 5. The van der Waals surface area contributed by atoms with Crippen molar-refractivity contribution in [3.8, 4) is 23.0 Å². The molecule has 10 atom stereocenters. The molecule has 1 heterocycles. The second-order valence-electron chi connectivity index (χ2n) is 11.1. The van der Waals surface area contributed by atoms with Crippen molar-refractivity contribution >= 4 is 12.0 Å². The van der Waals surface area contributed by atoms with Crippen molar-refractivity contribution in [3.05, 3.63) is 53.6 Å². The second-order valence-corrected chi connectivity index (χ2v) is 11.1. The van der Waals surface area contributed by atoms with Gasteiger partial charge in [0.2, 0.25) is 0 Å². The summed E-state index contributed by atoms with van der Waals surface area (Å²) in [6.07, 6.45) is -9.73. The van der Waals surface area contributed by atoms with Gasteiger partial charge in [0, 0.05) is 6.08 Å². The van der Waals surface area contributed by atoms with Gasteiger partial charge in [-0.25, -0.2) is 4.79 Å². The lowest BCUT2D eigenvalue weighted by molar-refractivity contribution is -0.321. The first kappa shape index (κ1) is 34.4. The number of carbonyl (C=O) groups excluding carboxylic acids is 1. The Morgan fingerprint density at radius 1 is 0.933 bits per heavy atom. The van der Waals surface area contributed by atoms with Gasteiger partial charge in [-0.2, -0.15) is 0 Å². The summed E-state index contributed by atoms with van der Waals surface area (Å²) in [5.74, 6) is -1.90. The lowest BCUT2D eigenvalue weighted by Crippen LogP contribution is -2.64. The average Bonchev–Trinajstić information content (AvgIpc) is 3.02. The van der Waals surface area contributed by atoms with Crippen LogP contribution in [0.15, 0.2) is 42.5 Å². The smallest absolute Gasteiger partial charge is 0.331 e. The number of aliphatic hydroxyl groups excluding tert-OH is 5. The zero-order valence-electron chi connectivity index (χ0n) is 24.7. The highest BCUT2D eigenvalue weighted by Crippen LogP contribution is 2.34. The molecule has 0 bridgehead atoms. The summed E-state index contributed by atoms with van der Waals surface area (Å²) in [6, 6.07) is 8.69. The molecule has 2 fully saturated rings. The van der Waals surface area contributed by atoms with Crippen LogP contribution >= 0.6 is 0 Å². The van der Waals surface area contributed by atoms with Crippen LogP contribution in [0.25, 0.3) is 6.08 Å². The monoisotopic (exact) mass is 636 g/mol. The quantitative estimate of drug-likeness (QED) is 0.0920. The number of hydrogen-bond donors (Lipinski definition) is 8. The minimum Gasteiger partial charge on any atom is -0.504 e. The zero-order chi connectivity index (χ0) is 32.8. The van der Waals surface area contributed by atoms with Gasteiger partial charge in [-0.15, -0.1) is 0 Å². The Kier molecular flexibility index (Phi) is 11.6. The highest BCUT2D eigenvalue weighted by molar-refractivity contribution is 5.87. The summed E-state index contributed by atoms with van der Waals surface area (Å²) in [5.41, 5.74) is 1.05. The van der Waals surface area contributed by atoms with Gasteiger partial charge >= 0.3 is 5.97 Å². The van der Waals surface area contributed by atoms with E-state index in [1.807, 2.05) is 0 Å². The van der Waals surface area contributed by atoms with E-state index in [0.29, 0.717) is 11.1 Å². The Morgan fingerprint density at radius 3 is 2.36 bits per heavy atom. The predicted octanol–water partition coefficient (Wildman–Crippen LogP) is -0.0493. The summed E-state index contributed by atoms with van der Waals surface area (Å²) in [7, 11) is 1.39. The number of rotatable bonds is 11.